The van der Waals surface area contributed by atoms with Crippen molar-refractivity contribution in [1.82, 2.24) is 4.98 Å². The van der Waals surface area contributed by atoms with Gasteiger partial charge in [-0.3, -0.25) is 4.98 Å². The predicted octanol–water partition coefficient (Wildman–Crippen LogP) is 2.73. The van der Waals surface area contributed by atoms with Gasteiger partial charge >= 0.3 is 0 Å². The Hall–Kier alpha value is -1.16. The lowest BCUT2D eigenvalue weighted by atomic mass is 10.1. The van der Waals surface area contributed by atoms with Gasteiger partial charge in [-0.15, -0.1) is 0 Å². The molecule has 1 aliphatic rings. The molecule has 3 nitrogen and oxygen atoms in total. The molecule has 2 N–H and O–H groups in total. The Bertz CT molecular complexity index is 410. The van der Waals surface area contributed by atoms with Crippen molar-refractivity contribution in [2.75, 3.05) is 11.4 Å². The molecule has 0 aliphatic heterocycles. The molecule has 2 rings (SSSR count). The van der Waals surface area contributed by atoms with Gasteiger partial charge in [0.1, 0.15) is 4.99 Å². The number of nitrogens with zero attached hydrogens (tertiary/aromatic N) is 2. The van der Waals surface area contributed by atoms with Crippen molar-refractivity contribution in [1.29, 1.82) is 0 Å². The highest BCUT2D eigenvalue weighted by atomic mass is 32.1. The zero-order chi connectivity index (χ0) is 13.1. The Morgan fingerprint density at radius 2 is 2.22 bits per heavy atom. The molecule has 0 radical (unpaired) electrons. The minimum atomic E-state index is 0.363. The molecule has 1 aromatic rings. The van der Waals surface area contributed by atoms with Crippen LogP contribution in [0.15, 0.2) is 18.3 Å². The Labute approximate surface area is 114 Å². The summed E-state index contributed by atoms with van der Waals surface area (Å²) in [6, 6.07) is 4.71. The number of aromatic nitrogens is 1. The van der Waals surface area contributed by atoms with Crippen LogP contribution in [0.25, 0.3) is 0 Å². The first-order valence-electron chi connectivity index (χ1n) is 6.60. The highest BCUT2D eigenvalue weighted by molar-refractivity contribution is 7.80. The van der Waals surface area contributed by atoms with Crippen LogP contribution in [0.2, 0.25) is 0 Å². The molecule has 1 heterocycles. The van der Waals surface area contributed by atoms with Crippen molar-refractivity contribution in [3.63, 3.8) is 0 Å². The van der Waals surface area contributed by atoms with E-state index in [-0.39, 0.29) is 0 Å². The normalized spacial score (nSPS) is 14.8. The fraction of sp³-hybridized carbons (Fsp3) is 0.571. The highest BCUT2D eigenvalue weighted by Gasteiger charge is 2.29. The first-order chi connectivity index (χ1) is 8.58. The second-order valence-electron chi connectivity index (χ2n) is 5.37. The summed E-state index contributed by atoms with van der Waals surface area (Å²) < 4.78 is 0. The lowest BCUT2D eigenvalue weighted by Gasteiger charge is -2.25. The molecule has 0 aromatic carbocycles. The Morgan fingerprint density at radius 1 is 1.50 bits per heavy atom. The van der Waals surface area contributed by atoms with E-state index < -0.39 is 0 Å². The molecule has 0 saturated heterocycles. The summed E-state index contributed by atoms with van der Waals surface area (Å²) >= 11 is 4.92. The quantitative estimate of drug-likeness (QED) is 0.801. The van der Waals surface area contributed by atoms with E-state index in [1.165, 1.54) is 24.9 Å². The zero-order valence-electron chi connectivity index (χ0n) is 11.1. The minimum Gasteiger partial charge on any atom is -0.388 e. The average molecular weight is 263 g/mol. The van der Waals surface area contributed by atoms with E-state index in [1.54, 1.807) is 0 Å². The summed E-state index contributed by atoms with van der Waals surface area (Å²) in [7, 11) is 0. The molecule has 4 heteroatoms. The number of anilines is 1. The van der Waals surface area contributed by atoms with Crippen LogP contribution in [0, 0.1) is 5.92 Å². The number of hydrogen-bond donors (Lipinski definition) is 1. The molecule has 1 aliphatic carbocycles. The number of rotatable bonds is 6. The third-order valence-corrected chi connectivity index (χ3v) is 3.48. The molecule has 0 amide bonds. The molecule has 0 bridgehead atoms. The van der Waals surface area contributed by atoms with Gasteiger partial charge in [0, 0.05) is 12.6 Å². The van der Waals surface area contributed by atoms with Gasteiger partial charge in [-0.2, -0.15) is 0 Å². The van der Waals surface area contributed by atoms with Crippen molar-refractivity contribution in [2.24, 2.45) is 11.7 Å². The number of hydrogen-bond acceptors (Lipinski definition) is 3. The van der Waals surface area contributed by atoms with Crippen LogP contribution in [0.1, 0.15) is 38.8 Å². The van der Waals surface area contributed by atoms with E-state index in [0.717, 1.165) is 12.5 Å². The molecule has 0 unspecified atom stereocenters. The maximum atomic E-state index is 5.57. The molecule has 0 spiro atoms. The standard InChI is InChI=1S/C14H21N3S/c1-10(2)7-8-17(11-3-4-11)12-5-6-13(14(15)18)16-9-12/h5-6,9-11H,3-4,7-8H2,1-2H3,(H2,15,18). The van der Waals surface area contributed by atoms with Crippen LogP contribution in [-0.4, -0.2) is 22.6 Å². The first-order valence-corrected chi connectivity index (χ1v) is 7.01. The first kappa shape index (κ1) is 13.3. The van der Waals surface area contributed by atoms with Gasteiger partial charge in [-0.25, -0.2) is 0 Å². The van der Waals surface area contributed by atoms with Crippen LogP contribution < -0.4 is 10.6 Å². The van der Waals surface area contributed by atoms with Gasteiger partial charge in [0.15, 0.2) is 0 Å². The predicted molar refractivity (Wildman–Crippen MR) is 79.9 cm³/mol. The molecular formula is C14H21N3S. The number of pyridine rings is 1. The number of nitrogens with two attached hydrogens (primary N) is 1. The van der Waals surface area contributed by atoms with Crippen LogP contribution in [0.3, 0.4) is 0 Å². The second kappa shape index (κ2) is 5.65. The average Bonchev–Trinajstić information content (AvgIpc) is 3.14. The minimum absolute atomic E-state index is 0.363. The second-order valence-corrected chi connectivity index (χ2v) is 5.81. The van der Waals surface area contributed by atoms with E-state index in [4.69, 9.17) is 18.0 Å². The molecule has 1 saturated carbocycles. The summed E-state index contributed by atoms with van der Waals surface area (Å²) in [6.45, 7) is 5.63. The Morgan fingerprint density at radius 3 is 2.67 bits per heavy atom. The van der Waals surface area contributed by atoms with Crippen LogP contribution >= 0.6 is 12.2 Å². The van der Waals surface area contributed by atoms with Gasteiger partial charge in [0.25, 0.3) is 0 Å². The third kappa shape index (κ3) is 3.42. The van der Waals surface area contributed by atoms with Gasteiger partial charge < -0.3 is 10.6 Å². The van der Waals surface area contributed by atoms with E-state index in [9.17, 15) is 0 Å². The molecular weight excluding hydrogens is 242 g/mol. The lowest BCUT2D eigenvalue weighted by molar-refractivity contribution is 0.570. The van der Waals surface area contributed by atoms with Gasteiger partial charge in [-0.05, 0) is 37.3 Å². The van der Waals surface area contributed by atoms with Gasteiger partial charge in [-0.1, -0.05) is 26.1 Å². The molecule has 18 heavy (non-hydrogen) atoms. The van der Waals surface area contributed by atoms with Crippen molar-refractivity contribution in [2.45, 2.75) is 39.2 Å². The van der Waals surface area contributed by atoms with Crippen LogP contribution in [0.4, 0.5) is 5.69 Å². The monoisotopic (exact) mass is 263 g/mol. The third-order valence-electron chi connectivity index (χ3n) is 3.27. The summed E-state index contributed by atoms with van der Waals surface area (Å²) in [5, 5.41) is 0. The SMILES string of the molecule is CC(C)CCN(c1ccc(C(N)=S)nc1)C1CC1. The molecule has 1 fully saturated rings. The van der Waals surface area contributed by atoms with Gasteiger partial charge in [0.2, 0.25) is 0 Å². The van der Waals surface area contributed by atoms with Crippen LogP contribution in [0.5, 0.6) is 0 Å². The topological polar surface area (TPSA) is 42.1 Å². The van der Waals surface area contributed by atoms with Crippen molar-refractivity contribution >= 4 is 22.9 Å². The van der Waals surface area contributed by atoms with E-state index in [2.05, 4.69) is 29.8 Å². The van der Waals surface area contributed by atoms with Crippen molar-refractivity contribution < 1.29 is 0 Å². The maximum absolute atomic E-state index is 5.57. The fourth-order valence-electron chi connectivity index (χ4n) is 2.01. The largest absolute Gasteiger partial charge is 0.388 e. The Balaban J connectivity index is 2.07. The Kier molecular flexibility index (Phi) is 4.17. The summed E-state index contributed by atoms with van der Waals surface area (Å²) in [6.07, 6.45) is 5.71. The smallest absolute Gasteiger partial charge is 0.122 e. The summed E-state index contributed by atoms with van der Waals surface area (Å²) in [5.74, 6) is 0.732. The van der Waals surface area contributed by atoms with E-state index in [1.807, 2.05) is 12.3 Å². The molecule has 1 aromatic heterocycles. The van der Waals surface area contributed by atoms with Crippen molar-refractivity contribution in [3.05, 3.63) is 24.0 Å². The fourth-order valence-corrected chi connectivity index (χ4v) is 2.13. The summed E-state index contributed by atoms with van der Waals surface area (Å²) in [5.41, 5.74) is 7.46. The lowest BCUT2D eigenvalue weighted by Crippen LogP contribution is -2.28. The highest BCUT2D eigenvalue weighted by Crippen LogP contribution is 2.31. The molecule has 98 valence electrons. The van der Waals surface area contributed by atoms with Gasteiger partial charge in [0.05, 0.1) is 17.6 Å². The van der Waals surface area contributed by atoms with E-state index in [0.29, 0.717) is 16.7 Å². The zero-order valence-corrected chi connectivity index (χ0v) is 11.9. The maximum Gasteiger partial charge on any atom is 0.122 e. The van der Waals surface area contributed by atoms with Crippen LogP contribution in [-0.2, 0) is 0 Å². The van der Waals surface area contributed by atoms with E-state index >= 15 is 0 Å². The van der Waals surface area contributed by atoms with Crippen molar-refractivity contribution in [3.8, 4) is 0 Å². The molecule has 0 atom stereocenters. The number of thiocarbonyl (C=S) groups is 1. The summed E-state index contributed by atoms with van der Waals surface area (Å²) in [4.78, 5) is 7.16.